The molecule has 0 aliphatic rings. The van der Waals surface area contributed by atoms with Gasteiger partial charge in [0.05, 0.1) is 6.54 Å². The third-order valence-corrected chi connectivity index (χ3v) is 3.65. The zero-order chi connectivity index (χ0) is 17.8. The van der Waals surface area contributed by atoms with Crippen molar-refractivity contribution < 1.29 is 9.18 Å². The van der Waals surface area contributed by atoms with E-state index in [0.717, 1.165) is 0 Å². The van der Waals surface area contributed by atoms with Crippen LogP contribution in [0, 0.1) is 5.82 Å². The van der Waals surface area contributed by atoms with Crippen molar-refractivity contribution in [2.24, 2.45) is 0 Å². The minimum absolute atomic E-state index is 0.0532. The zero-order valence-corrected chi connectivity index (χ0v) is 13.7. The van der Waals surface area contributed by atoms with Gasteiger partial charge in [0, 0.05) is 11.8 Å². The molecule has 1 amide bonds. The molecule has 0 aliphatic heterocycles. The Bertz CT molecular complexity index is 903. The Kier molecular flexibility index (Phi) is 4.85. The quantitative estimate of drug-likeness (QED) is 0.748. The van der Waals surface area contributed by atoms with Gasteiger partial charge in [0.25, 0.3) is 5.91 Å². The second-order valence-corrected chi connectivity index (χ2v) is 5.46. The summed E-state index contributed by atoms with van der Waals surface area (Å²) >= 11 is 6.16. The van der Waals surface area contributed by atoms with Gasteiger partial charge in [-0.05, 0) is 36.4 Å². The normalized spacial score (nSPS) is 10.5. The van der Waals surface area contributed by atoms with E-state index in [1.807, 2.05) is 0 Å². The van der Waals surface area contributed by atoms with Crippen molar-refractivity contribution in [2.45, 2.75) is 6.54 Å². The highest BCUT2D eigenvalue weighted by Gasteiger charge is 2.14. The van der Waals surface area contributed by atoms with Crippen molar-refractivity contribution in [2.75, 3.05) is 5.73 Å². The lowest BCUT2D eigenvalue weighted by Crippen LogP contribution is -2.25. The molecule has 126 valence electrons. The van der Waals surface area contributed by atoms with Crippen molar-refractivity contribution in [1.82, 2.24) is 20.3 Å². The predicted molar refractivity (Wildman–Crippen MR) is 92.3 cm³/mol. The second-order valence-electron chi connectivity index (χ2n) is 5.10. The Morgan fingerprint density at radius 3 is 2.60 bits per heavy atom. The number of hydrogen-bond donors (Lipinski definition) is 2. The number of nitrogens with one attached hydrogen (secondary N) is 1. The number of nitrogen functional groups attached to an aromatic ring is 1. The molecule has 3 aromatic rings. The van der Waals surface area contributed by atoms with Crippen LogP contribution >= 0.6 is 11.6 Å². The average molecular weight is 358 g/mol. The minimum atomic E-state index is -0.366. The van der Waals surface area contributed by atoms with Gasteiger partial charge in [0.15, 0.2) is 5.15 Å². The van der Waals surface area contributed by atoms with Crippen LogP contribution < -0.4 is 11.1 Å². The Hall–Kier alpha value is -3.06. The summed E-state index contributed by atoms with van der Waals surface area (Å²) in [6, 6.07) is 10.7. The molecule has 0 fully saturated rings. The number of rotatable bonds is 4. The van der Waals surface area contributed by atoms with E-state index in [9.17, 15) is 9.18 Å². The smallest absolute Gasteiger partial charge is 0.270 e. The number of carbonyl (C=O) groups excluding carboxylic acids is 1. The lowest BCUT2D eigenvalue weighted by atomic mass is 10.1. The van der Waals surface area contributed by atoms with Gasteiger partial charge in [-0.3, -0.25) is 9.78 Å². The van der Waals surface area contributed by atoms with Crippen LogP contribution in [0.4, 0.5) is 10.2 Å². The summed E-state index contributed by atoms with van der Waals surface area (Å²) in [6.45, 7) is 0.0532. The van der Waals surface area contributed by atoms with Gasteiger partial charge in [-0.15, -0.1) is 0 Å². The second kappa shape index (κ2) is 7.23. The molecule has 0 bridgehead atoms. The monoisotopic (exact) mass is 357 g/mol. The van der Waals surface area contributed by atoms with Gasteiger partial charge in [-0.25, -0.2) is 14.4 Å². The molecule has 8 heteroatoms. The van der Waals surface area contributed by atoms with Crippen LogP contribution in [-0.4, -0.2) is 20.9 Å². The van der Waals surface area contributed by atoms with Crippen molar-refractivity contribution >= 4 is 23.3 Å². The van der Waals surface area contributed by atoms with Crippen LogP contribution in [0.3, 0.4) is 0 Å². The highest BCUT2D eigenvalue weighted by atomic mass is 35.5. The van der Waals surface area contributed by atoms with Crippen LogP contribution in [-0.2, 0) is 6.54 Å². The number of halogens is 2. The fourth-order valence-electron chi connectivity index (χ4n) is 2.13. The first kappa shape index (κ1) is 16.8. The van der Waals surface area contributed by atoms with Crippen LogP contribution in [0.2, 0.25) is 5.15 Å². The number of aromatic nitrogens is 3. The molecule has 25 heavy (non-hydrogen) atoms. The molecule has 6 nitrogen and oxygen atoms in total. The summed E-state index contributed by atoms with van der Waals surface area (Å²) in [5.74, 6) is -0.597. The van der Waals surface area contributed by atoms with E-state index in [2.05, 4.69) is 20.3 Å². The lowest BCUT2D eigenvalue weighted by Gasteiger charge is -2.10. The summed E-state index contributed by atoms with van der Waals surface area (Å²) in [5.41, 5.74) is 7.46. The average Bonchev–Trinajstić information content (AvgIpc) is 2.63. The number of pyridine rings is 1. The molecule has 2 heterocycles. The molecule has 0 unspecified atom stereocenters. The molecule has 3 N–H and O–H groups in total. The topological polar surface area (TPSA) is 93.8 Å². The number of nitrogens with two attached hydrogens (primary N) is 1. The summed E-state index contributed by atoms with van der Waals surface area (Å²) in [6.07, 6.45) is 1.53. The minimum Gasteiger partial charge on any atom is -0.382 e. The van der Waals surface area contributed by atoms with Gasteiger partial charge in [0.1, 0.15) is 28.7 Å². The lowest BCUT2D eigenvalue weighted by molar-refractivity contribution is 0.0945. The van der Waals surface area contributed by atoms with Crippen LogP contribution in [0.15, 0.2) is 48.7 Å². The Morgan fingerprint density at radius 1 is 1.16 bits per heavy atom. The highest BCUT2D eigenvalue weighted by Crippen LogP contribution is 2.26. The molecule has 0 saturated heterocycles. The van der Waals surface area contributed by atoms with Crippen LogP contribution in [0.5, 0.6) is 0 Å². The van der Waals surface area contributed by atoms with Gasteiger partial charge < -0.3 is 11.1 Å². The Labute approximate surface area is 147 Å². The van der Waals surface area contributed by atoms with Gasteiger partial charge >= 0.3 is 0 Å². The molecule has 0 aliphatic carbocycles. The first-order valence-electron chi connectivity index (χ1n) is 7.31. The number of amides is 1. The van der Waals surface area contributed by atoms with Crippen molar-refractivity contribution in [3.05, 3.63) is 71.0 Å². The molecule has 0 spiro atoms. The van der Waals surface area contributed by atoms with Crippen molar-refractivity contribution in [3.8, 4) is 11.3 Å². The molecule has 2 aromatic heterocycles. The standard InChI is InChI=1S/C17H13ClFN5O/c18-15-14(10-4-6-11(19)7-5-10)24-16(20)13(23-15)9-22-17(25)12-3-1-2-8-21-12/h1-8H,9H2,(H2,20,24)(H,22,25). The van der Waals surface area contributed by atoms with Crippen molar-refractivity contribution in [3.63, 3.8) is 0 Å². The fraction of sp³-hybridized carbons (Fsp3) is 0.0588. The van der Waals surface area contributed by atoms with Crippen LogP contribution in [0.1, 0.15) is 16.2 Å². The third kappa shape index (κ3) is 3.89. The maximum Gasteiger partial charge on any atom is 0.270 e. The van der Waals surface area contributed by atoms with Gasteiger partial charge in [-0.1, -0.05) is 17.7 Å². The molecule has 0 radical (unpaired) electrons. The van der Waals surface area contributed by atoms with E-state index in [1.54, 1.807) is 18.2 Å². The zero-order valence-electron chi connectivity index (χ0n) is 12.9. The first-order valence-corrected chi connectivity index (χ1v) is 7.69. The highest BCUT2D eigenvalue weighted by molar-refractivity contribution is 6.31. The SMILES string of the molecule is Nc1nc(-c2ccc(F)cc2)c(Cl)nc1CNC(=O)c1ccccn1. The number of anilines is 1. The first-order chi connectivity index (χ1) is 12.0. The Morgan fingerprint density at radius 2 is 1.92 bits per heavy atom. The Balaban J connectivity index is 1.78. The van der Waals surface area contributed by atoms with Crippen molar-refractivity contribution in [1.29, 1.82) is 0 Å². The van der Waals surface area contributed by atoms with E-state index < -0.39 is 0 Å². The van der Waals surface area contributed by atoms with E-state index in [-0.39, 0.29) is 34.9 Å². The summed E-state index contributed by atoms with van der Waals surface area (Å²) in [5, 5.41) is 2.77. The van der Waals surface area contributed by atoms with E-state index in [0.29, 0.717) is 17.0 Å². The molecule has 0 saturated carbocycles. The molecular formula is C17H13ClFN5O. The van der Waals surface area contributed by atoms with E-state index in [4.69, 9.17) is 17.3 Å². The third-order valence-electron chi connectivity index (χ3n) is 3.39. The maximum absolute atomic E-state index is 13.0. The summed E-state index contributed by atoms with van der Waals surface area (Å²) < 4.78 is 13.0. The molecular weight excluding hydrogens is 345 g/mol. The number of benzene rings is 1. The fourth-order valence-corrected chi connectivity index (χ4v) is 2.39. The van der Waals surface area contributed by atoms with Crippen LogP contribution in [0.25, 0.3) is 11.3 Å². The number of carbonyl (C=O) groups is 1. The van der Waals surface area contributed by atoms with Gasteiger partial charge in [0.2, 0.25) is 0 Å². The van der Waals surface area contributed by atoms with Gasteiger partial charge in [-0.2, -0.15) is 0 Å². The maximum atomic E-state index is 13.0. The van der Waals surface area contributed by atoms with E-state index >= 15 is 0 Å². The molecule has 3 rings (SSSR count). The number of hydrogen-bond acceptors (Lipinski definition) is 5. The molecule has 1 aromatic carbocycles. The summed E-state index contributed by atoms with van der Waals surface area (Å²) in [7, 11) is 0. The largest absolute Gasteiger partial charge is 0.382 e. The summed E-state index contributed by atoms with van der Waals surface area (Å²) in [4.78, 5) is 24.4. The predicted octanol–water partition coefficient (Wildman–Crippen LogP) is 2.84. The van der Waals surface area contributed by atoms with E-state index in [1.165, 1.54) is 30.5 Å². The number of nitrogens with zero attached hydrogens (tertiary/aromatic N) is 3. The molecule has 0 atom stereocenters.